The van der Waals surface area contributed by atoms with Crippen LogP contribution in [0, 0.1) is 0 Å². The van der Waals surface area contributed by atoms with Crippen LogP contribution in [0.15, 0.2) is 36.4 Å². The molecule has 0 bridgehead atoms. The quantitative estimate of drug-likeness (QED) is 0.874. The van der Waals surface area contributed by atoms with Crippen LogP contribution in [0.3, 0.4) is 0 Å². The Morgan fingerprint density at radius 3 is 2.40 bits per heavy atom. The molecule has 3 heteroatoms. The average Bonchev–Trinajstić information content (AvgIpc) is 2.48. The van der Waals surface area contributed by atoms with Gasteiger partial charge in [0.05, 0.1) is 22.1 Å². The Kier molecular flexibility index (Phi) is 3.81. The highest BCUT2D eigenvalue weighted by Crippen LogP contribution is 2.41. The second kappa shape index (κ2) is 5.58. The van der Waals surface area contributed by atoms with Crippen LogP contribution in [0.5, 0.6) is 5.75 Å². The van der Waals surface area contributed by atoms with Gasteiger partial charge < -0.3 is 9.84 Å². The number of fused-ring (bicyclic) bond motifs is 1. The van der Waals surface area contributed by atoms with Crippen molar-refractivity contribution in [2.45, 2.75) is 37.7 Å². The van der Waals surface area contributed by atoms with E-state index < -0.39 is 5.60 Å². The minimum Gasteiger partial charge on any atom is -0.497 e. The molecule has 1 aliphatic rings. The van der Waals surface area contributed by atoms with Crippen molar-refractivity contribution in [2.24, 2.45) is 0 Å². The monoisotopic (exact) mass is 283 g/mol. The number of hydrogen-bond acceptors (Lipinski definition) is 2. The van der Waals surface area contributed by atoms with Crippen LogP contribution in [0.2, 0.25) is 0 Å². The Bertz CT molecular complexity index is 603. The number of aliphatic hydroxyl groups is 1. The number of hydrogen-bond donors (Lipinski definition) is 1. The van der Waals surface area contributed by atoms with Crippen LogP contribution in [-0.2, 0) is 5.60 Å². The molecule has 1 aliphatic carbocycles. The lowest BCUT2D eigenvalue weighted by Crippen LogP contribution is -2.28. The average molecular weight is 283 g/mol. The van der Waals surface area contributed by atoms with Gasteiger partial charge in [0.15, 0.2) is 0 Å². The first-order chi connectivity index (χ1) is 9.74. The maximum absolute atomic E-state index is 11.0. The summed E-state index contributed by atoms with van der Waals surface area (Å²) in [6.45, 7) is 0. The van der Waals surface area contributed by atoms with E-state index in [0.717, 1.165) is 47.8 Å². The van der Waals surface area contributed by atoms with E-state index in [9.17, 15) is 5.11 Å². The summed E-state index contributed by atoms with van der Waals surface area (Å²) in [5, 5.41) is 13.2. The minimum absolute atomic E-state index is 0.466. The third kappa shape index (κ3) is 2.36. The van der Waals surface area contributed by atoms with Crippen LogP contribution >= 0.6 is 0 Å². The highest BCUT2D eigenvalue weighted by atomic mass is 28.1. The largest absolute Gasteiger partial charge is 0.497 e. The highest BCUT2D eigenvalue weighted by molar-refractivity contribution is 6.08. The fourth-order valence-corrected chi connectivity index (χ4v) is 3.44. The molecule has 103 valence electrons. The fourth-order valence-electron chi connectivity index (χ4n) is 3.29. The molecule has 0 unspecified atom stereocenters. The molecule has 20 heavy (non-hydrogen) atoms. The second-order valence-electron chi connectivity index (χ2n) is 5.54. The Hall–Kier alpha value is -1.32. The predicted molar refractivity (Wildman–Crippen MR) is 82.2 cm³/mol. The molecular formula is C17H19O2Si. The first-order valence-electron chi connectivity index (χ1n) is 7.27. The third-order valence-corrected chi connectivity index (χ3v) is 4.44. The standard InChI is InChI=1S/C17H19O2Si/c18-17(10-4-1-5-11-17)15-8-9-16(19-12-20)14-7-3-2-6-13(14)15/h2-3,6-9,18H,1,4-5,10-12H2. The van der Waals surface area contributed by atoms with Gasteiger partial charge in [-0.25, -0.2) is 0 Å². The van der Waals surface area contributed by atoms with E-state index in [1.54, 1.807) is 0 Å². The maximum atomic E-state index is 11.0. The molecule has 0 aromatic heterocycles. The van der Waals surface area contributed by atoms with E-state index in [0.29, 0.717) is 6.23 Å². The van der Waals surface area contributed by atoms with Crippen molar-refractivity contribution in [3.8, 4) is 5.75 Å². The van der Waals surface area contributed by atoms with Crippen molar-refractivity contribution < 1.29 is 9.84 Å². The predicted octanol–water partition coefficient (Wildman–Crippen LogP) is 3.50. The zero-order valence-electron chi connectivity index (χ0n) is 11.6. The van der Waals surface area contributed by atoms with Crippen LogP contribution in [0.1, 0.15) is 37.7 Å². The van der Waals surface area contributed by atoms with Crippen LogP contribution in [0.25, 0.3) is 10.8 Å². The normalized spacial score (nSPS) is 18.1. The number of ether oxygens (including phenoxy) is 1. The van der Waals surface area contributed by atoms with Gasteiger partial charge in [-0.2, -0.15) is 0 Å². The molecule has 2 nitrogen and oxygen atoms in total. The van der Waals surface area contributed by atoms with Crippen molar-refractivity contribution in [2.75, 3.05) is 6.23 Å². The molecule has 0 amide bonds. The molecule has 1 N–H and O–H groups in total. The molecule has 0 saturated heterocycles. The van der Waals surface area contributed by atoms with Crippen molar-refractivity contribution in [1.29, 1.82) is 0 Å². The molecule has 2 aromatic rings. The third-order valence-electron chi connectivity index (χ3n) is 4.29. The highest BCUT2D eigenvalue weighted by Gasteiger charge is 2.32. The van der Waals surface area contributed by atoms with Gasteiger partial charge in [-0.05, 0) is 29.9 Å². The second-order valence-corrected chi connectivity index (χ2v) is 5.83. The van der Waals surface area contributed by atoms with Gasteiger partial charge in [-0.3, -0.25) is 0 Å². The van der Waals surface area contributed by atoms with Gasteiger partial charge >= 0.3 is 0 Å². The van der Waals surface area contributed by atoms with Crippen molar-refractivity contribution in [3.63, 3.8) is 0 Å². The van der Waals surface area contributed by atoms with E-state index in [-0.39, 0.29) is 0 Å². The molecule has 2 aromatic carbocycles. The zero-order valence-corrected chi connectivity index (χ0v) is 12.6. The lowest BCUT2D eigenvalue weighted by atomic mass is 9.78. The van der Waals surface area contributed by atoms with Gasteiger partial charge in [0.2, 0.25) is 0 Å². The lowest BCUT2D eigenvalue weighted by molar-refractivity contribution is 0.000744. The van der Waals surface area contributed by atoms with E-state index in [1.165, 1.54) is 6.42 Å². The minimum atomic E-state index is -0.676. The molecule has 0 aliphatic heterocycles. The summed E-state index contributed by atoms with van der Waals surface area (Å²) in [6, 6.07) is 12.2. The first-order valence-corrected chi connectivity index (χ1v) is 7.97. The molecular weight excluding hydrogens is 264 g/mol. The molecule has 3 radical (unpaired) electrons. The molecule has 1 saturated carbocycles. The summed E-state index contributed by atoms with van der Waals surface area (Å²) in [6.07, 6.45) is 5.61. The number of benzene rings is 2. The summed E-state index contributed by atoms with van der Waals surface area (Å²) < 4.78 is 5.63. The maximum Gasteiger partial charge on any atom is 0.126 e. The van der Waals surface area contributed by atoms with Gasteiger partial charge in [0.1, 0.15) is 5.75 Å². The summed E-state index contributed by atoms with van der Waals surface area (Å²) >= 11 is 0. The topological polar surface area (TPSA) is 29.5 Å². The number of rotatable bonds is 3. The Morgan fingerprint density at radius 2 is 1.70 bits per heavy atom. The molecule has 0 atom stereocenters. The Morgan fingerprint density at radius 1 is 1.00 bits per heavy atom. The summed E-state index contributed by atoms with van der Waals surface area (Å²) in [5.41, 5.74) is 0.374. The first kappa shape index (κ1) is 13.7. The zero-order chi connectivity index (χ0) is 14.0. The Balaban J connectivity index is 2.14. The molecule has 3 rings (SSSR count). The van der Waals surface area contributed by atoms with E-state index >= 15 is 0 Å². The van der Waals surface area contributed by atoms with E-state index in [4.69, 9.17) is 4.74 Å². The SMILES string of the molecule is OC1(c2ccc(OC[Si])c3ccccc23)CCCCC1. The van der Waals surface area contributed by atoms with Crippen LogP contribution in [0.4, 0.5) is 0 Å². The van der Waals surface area contributed by atoms with Gasteiger partial charge in [-0.15, -0.1) is 0 Å². The smallest absolute Gasteiger partial charge is 0.126 e. The van der Waals surface area contributed by atoms with Crippen molar-refractivity contribution in [3.05, 3.63) is 42.0 Å². The summed E-state index contributed by atoms with van der Waals surface area (Å²) in [5.74, 6) is 0.860. The molecule has 0 spiro atoms. The summed E-state index contributed by atoms with van der Waals surface area (Å²) in [7, 11) is 3.35. The van der Waals surface area contributed by atoms with Gasteiger partial charge in [0, 0.05) is 5.39 Å². The fraction of sp³-hybridized carbons (Fsp3) is 0.412. The van der Waals surface area contributed by atoms with Crippen LogP contribution in [-0.4, -0.2) is 21.6 Å². The van der Waals surface area contributed by atoms with Crippen LogP contribution < -0.4 is 4.74 Å². The van der Waals surface area contributed by atoms with Gasteiger partial charge in [0.25, 0.3) is 0 Å². The van der Waals surface area contributed by atoms with E-state index in [2.05, 4.69) is 22.4 Å². The van der Waals surface area contributed by atoms with Crippen molar-refractivity contribution >= 4 is 21.0 Å². The summed E-state index contributed by atoms with van der Waals surface area (Å²) in [4.78, 5) is 0. The lowest BCUT2D eigenvalue weighted by Gasteiger charge is -2.33. The molecule has 1 fully saturated rings. The van der Waals surface area contributed by atoms with Gasteiger partial charge in [-0.1, -0.05) is 49.6 Å². The Labute approximate surface area is 123 Å². The molecule has 0 heterocycles. The van der Waals surface area contributed by atoms with E-state index in [1.807, 2.05) is 24.3 Å². The van der Waals surface area contributed by atoms with Crippen molar-refractivity contribution in [1.82, 2.24) is 0 Å².